The minimum atomic E-state index is -4.55. The van der Waals surface area contributed by atoms with Crippen LogP contribution in [0.2, 0.25) is 0 Å². The maximum Gasteiger partial charge on any atom is 0.416 e. The molecule has 2 nitrogen and oxygen atoms in total. The fourth-order valence-electron chi connectivity index (χ4n) is 2.79. The van der Waals surface area contributed by atoms with Crippen LogP contribution in [0.5, 0.6) is 0 Å². The van der Waals surface area contributed by atoms with Crippen molar-refractivity contribution >= 4 is 27.5 Å². The molecule has 3 rings (SSSR count). The average Bonchev–Trinajstić information content (AvgIpc) is 2.49. The quantitative estimate of drug-likeness (QED) is 0.576. The number of allylic oxidation sites excluding steroid dienone is 2. The van der Waals surface area contributed by atoms with E-state index in [4.69, 9.17) is 4.42 Å². The summed E-state index contributed by atoms with van der Waals surface area (Å²) in [6.07, 6.45) is -3.57. The summed E-state index contributed by atoms with van der Waals surface area (Å²) < 4.78 is 45.7. The average molecular weight is 318 g/mol. The maximum absolute atomic E-state index is 13.4. The Morgan fingerprint density at radius 3 is 2.43 bits per heavy atom. The van der Waals surface area contributed by atoms with Gasteiger partial charge in [0.1, 0.15) is 11.2 Å². The first-order chi connectivity index (χ1) is 10.8. The van der Waals surface area contributed by atoms with Crippen molar-refractivity contribution in [3.63, 3.8) is 0 Å². The summed E-state index contributed by atoms with van der Waals surface area (Å²) in [6.45, 7) is 2.86. The second kappa shape index (κ2) is 5.26. The zero-order valence-electron chi connectivity index (χ0n) is 12.5. The van der Waals surface area contributed by atoms with Gasteiger partial charge in [-0.15, -0.1) is 0 Å². The fraction of sp³-hybridized carbons (Fsp3) is 0.167. The molecule has 0 fully saturated rings. The van der Waals surface area contributed by atoms with Gasteiger partial charge >= 0.3 is 6.18 Å². The standard InChI is InChI=1S/C18H13F3O2/c1-3-12(18(19,20)21)15-10(2)8-9-14-16(15)17(22)11-6-4-5-7-13(11)23-14/h3-9H,1-2H3/b12-3+. The van der Waals surface area contributed by atoms with Crippen molar-refractivity contribution in [3.05, 3.63) is 63.8 Å². The van der Waals surface area contributed by atoms with Gasteiger partial charge in [0, 0.05) is 5.56 Å². The molecular formula is C18H13F3O2. The number of hydrogen-bond donors (Lipinski definition) is 0. The molecule has 0 atom stereocenters. The molecule has 0 amide bonds. The van der Waals surface area contributed by atoms with E-state index in [0.29, 0.717) is 11.1 Å². The molecule has 1 aromatic heterocycles. The van der Waals surface area contributed by atoms with Crippen LogP contribution >= 0.6 is 0 Å². The van der Waals surface area contributed by atoms with E-state index in [-0.39, 0.29) is 21.9 Å². The molecule has 0 spiro atoms. The molecule has 0 aliphatic heterocycles. The van der Waals surface area contributed by atoms with Gasteiger partial charge in [-0.25, -0.2) is 0 Å². The lowest BCUT2D eigenvalue weighted by molar-refractivity contribution is -0.0689. The van der Waals surface area contributed by atoms with Crippen molar-refractivity contribution in [2.75, 3.05) is 0 Å². The lowest BCUT2D eigenvalue weighted by atomic mass is 9.94. The molecule has 0 aliphatic rings. The van der Waals surface area contributed by atoms with Crippen molar-refractivity contribution in [1.82, 2.24) is 0 Å². The van der Waals surface area contributed by atoms with Gasteiger partial charge < -0.3 is 4.42 Å². The largest absolute Gasteiger partial charge is 0.456 e. The third-order valence-corrected chi connectivity index (χ3v) is 3.82. The minimum absolute atomic E-state index is 0.0332. The smallest absolute Gasteiger partial charge is 0.416 e. The number of para-hydroxylation sites is 1. The number of aryl methyl sites for hydroxylation is 1. The molecule has 0 bridgehead atoms. The molecule has 5 heteroatoms. The normalized spacial score (nSPS) is 13.0. The molecule has 0 aliphatic carbocycles. The van der Waals surface area contributed by atoms with Crippen LogP contribution in [0, 0.1) is 6.92 Å². The lowest BCUT2D eigenvalue weighted by Gasteiger charge is -2.16. The second-order valence-electron chi connectivity index (χ2n) is 5.26. The highest BCUT2D eigenvalue weighted by molar-refractivity contribution is 5.98. The van der Waals surface area contributed by atoms with Crippen LogP contribution < -0.4 is 5.43 Å². The second-order valence-corrected chi connectivity index (χ2v) is 5.26. The molecule has 118 valence electrons. The molecule has 0 N–H and O–H groups in total. The zero-order valence-corrected chi connectivity index (χ0v) is 12.5. The maximum atomic E-state index is 13.4. The molecule has 0 saturated carbocycles. The van der Waals surface area contributed by atoms with E-state index in [0.717, 1.165) is 6.08 Å². The Labute approximate surface area is 129 Å². The van der Waals surface area contributed by atoms with Crippen LogP contribution in [0.3, 0.4) is 0 Å². The molecule has 0 saturated heterocycles. The van der Waals surface area contributed by atoms with Gasteiger partial charge in [0.05, 0.1) is 16.3 Å². The van der Waals surface area contributed by atoms with Crippen LogP contribution in [0.25, 0.3) is 27.5 Å². The van der Waals surface area contributed by atoms with Gasteiger partial charge in [0.15, 0.2) is 0 Å². The first-order valence-electron chi connectivity index (χ1n) is 7.03. The molecule has 0 unspecified atom stereocenters. The summed E-state index contributed by atoms with van der Waals surface area (Å²) in [7, 11) is 0. The SMILES string of the molecule is C/C=C(\c1c(C)ccc2oc3ccccc3c(=O)c12)C(F)(F)F. The van der Waals surface area contributed by atoms with Gasteiger partial charge in [-0.05, 0) is 37.6 Å². The summed E-state index contributed by atoms with van der Waals surface area (Å²) >= 11 is 0. The third kappa shape index (κ3) is 2.42. The summed E-state index contributed by atoms with van der Waals surface area (Å²) in [4.78, 5) is 12.8. The Balaban J connectivity index is 2.54. The number of benzene rings is 2. The number of fused-ring (bicyclic) bond motifs is 2. The van der Waals surface area contributed by atoms with Crippen LogP contribution in [-0.2, 0) is 0 Å². The van der Waals surface area contributed by atoms with E-state index in [1.807, 2.05) is 0 Å². The van der Waals surface area contributed by atoms with Gasteiger partial charge in [-0.3, -0.25) is 4.79 Å². The van der Waals surface area contributed by atoms with Crippen molar-refractivity contribution in [2.45, 2.75) is 20.0 Å². The van der Waals surface area contributed by atoms with Crippen LogP contribution in [0.1, 0.15) is 18.1 Å². The minimum Gasteiger partial charge on any atom is -0.456 e. The highest BCUT2D eigenvalue weighted by atomic mass is 19.4. The molecule has 2 aromatic carbocycles. The number of halogens is 3. The van der Waals surface area contributed by atoms with Crippen LogP contribution in [0.15, 0.2) is 51.7 Å². The lowest BCUT2D eigenvalue weighted by Crippen LogP contribution is -2.15. The van der Waals surface area contributed by atoms with E-state index in [9.17, 15) is 18.0 Å². The topological polar surface area (TPSA) is 30.2 Å². The first kappa shape index (κ1) is 15.3. The van der Waals surface area contributed by atoms with Crippen molar-refractivity contribution in [1.29, 1.82) is 0 Å². The number of rotatable bonds is 1. The highest BCUT2D eigenvalue weighted by Crippen LogP contribution is 2.38. The van der Waals surface area contributed by atoms with Crippen LogP contribution in [-0.4, -0.2) is 6.18 Å². The van der Waals surface area contributed by atoms with E-state index in [2.05, 4.69) is 0 Å². The van der Waals surface area contributed by atoms with Crippen molar-refractivity contribution in [3.8, 4) is 0 Å². The van der Waals surface area contributed by atoms with E-state index in [1.165, 1.54) is 19.1 Å². The summed E-state index contributed by atoms with van der Waals surface area (Å²) in [5.41, 5.74) is -0.512. The summed E-state index contributed by atoms with van der Waals surface area (Å²) in [5, 5.41) is 0.235. The van der Waals surface area contributed by atoms with Gasteiger partial charge in [-0.2, -0.15) is 13.2 Å². The Morgan fingerprint density at radius 1 is 1.09 bits per heavy atom. The number of hydrogen-bond acceptors (Lipinski definition) is 2. The Morgan fingerprint density at radius 2 is 1.78 bits per heavy atom. The van der Waals surface area contributed by atoms with Gasteiger partial charge in [0.25, 0.3) is 0 Å². The Hall–Kier alpha value is -2.56. The third-order valence-electron chi connectivity index (χ3n) is 3.82. The Bertz CT molecular complexity index is 995. The highest BCUT2D eigenvalue weighted by Gasteiger charge is 2.36. The van der Waals surface area contributed by atoms with E-state index >= 15 is 0 Å². The van der Waals surface area contributed by atoms with Gasteiger partial charge in [-0.1, -0.05) is 24.3 Å². The molecule has 0 radical (unpaired) electrons. The Kier molecular flexibility index (Phi) is 3.51. The molecular weight excluding hydrogens is 305 g/mol. The summed E-state index contributed by atoms with van der Waals surface area (Å²) in [6, 6.07) is 9.60. The van der Waals surface area contributed by atoms with Crippen LogP contribution in [0.4, 0.5) is 13.2 Å². The first-order valence-corrected chi connectivity index (χ1v) is 7.03. The van der Waals surface area contributed by atoms with E-state index in [1.54, 1.807) is 31.2 Å². The van der Waals surface area contributed by atoms with Crippen molar-refractivity contribution in [2.24, 2.45) is 0 Å². The number of alkyl halides is 3. The van der Waals surface area contributed by atoms with Gasteiger partial charge in [0.2, 0.25) is 5.43 Å². The summed E-state index contributed by atoms with van der Waals surface area (Å²) in [5.74, 6) is 0. The zero-order chi connectivity index (χ0) is 16.8. The van der Waals surface area contributed by atoms with E-state index < -0.39 is 17.2 Å². The molecule has 1 heterocycles. The predicted molar refractivity (Wildman–Crippen MR) is 84.4 cm³/mol. The predicted octanol–water partition coefficient (Wildman–Crippen LogP) is 5.22. The molecule has 3 aromatic rings. The molecule has 23 heavy (non-hydrogen) atoms. The monoisotopic (exact) mass is 318 g/mol. The fourth-order valence-corrected chi connectivity index (χ4v) is 2.79. The van der Waals surface area contributed by atoms with Crippen molar-refractivity contribution < 1.29 is 17.6 Å².